The lowest BCUT2D eigenvalue weighted by Crippen LogP contribution is -2.51. The van der Waals surface area contributed by atoms with E-state index in [1.165, 1.54) is 4.57 Å². The van der Waals surface area contributed by atoms with Gasteiger partial charge >= 0.3 is 5.76 Å². The van der Waals surface area contributed by atoms with Gasteiger partial charge < -0.3 is 19.8 Å². The highest BCUT2D eigenvalue weighted by Crippen LogP contribution is 2.24. The third-order valence-electron chi connectivity index (χ3n) is 5.70. The van der Waals surface area contributed by atoms with E-state index in [0.717, 1.165) is 41.6 Å². The summed E-state index contributed by atoms with van der Waals surface area (Å²) in [5.41, 5.74) is 4.17. The first-order valence-electron chi connectivity index (χ1n) is 10.7. The highest BCUT2D eigenvalue weighted by atomic mass is 16.5. The summed E-state index contributed by atoms with van der Waals surface area (Å²) in [7, 11) is 1.68. The molecule has 1 fully saturated rings. The first-order valence-corrected chi connectivity index (χ1v) is 10.7. The zero-order valence-corrected chi connectivity index (χ0v) is 18.0. The molecule has 0 saturated carbocycles. The highest BCUT2D eigenvalue weighted by molar-refractivity contribution is 5.82. The quantitative estimate of drug-likeness (QED) is 0.637. The fraction of sp³-hybridized carbons (Fsp3) is 0.375. The number of carbonyl (C=O) groups excluding carboxylic acids is 1. The van der Waals surface area contributed by atoms with Gasteiger partial charge in [0.25, 0.3) is 0 Å². The third kappa shape index (κ3) is 4.90. The molecule has 2 aromatic carbocycles. The Morgan fingerprint density at radius 3 is 2.81 bits per heavy atom. The summed E-state index contributed by atoms with van der Waals surface area (Å²) in [5.74, 6) is -0.604. The first-order chi connectivity index (χ1) is 15.5. The number of rotatable bonds is 5. The highest BCUT2D eigenvalue weighted by Gasteiger charge is 2.22. The molecule has 4 rings (SSSR count). The van der Waals surface area contributed by atoms with Gasteiger partial charge in [-0.25, -0.2) is 4.79 Å². The number of amides is 1. The summed E-state index contributed by atoms with van der Waals surface area (Å²) >= 11 is 0. The van der Waals surface area contributed by atoms with E-state index in [2.05, 4.69) is 16.7 Å². The number of hydrogen-bond donors (Lipinski definition) is 2. The van der Waals surface area contributed by atoms with Crippen LogP contribution in [0.15, 0.2) is 51.7 Å². The molecule has 1 aliphatic heterocycles. The Kier molecular flexibility index (Phi) is 6.69. The van der Waals surface area contributed by atoms with E-state index >= 15 is 0 Å². The second kappa shape index (κ2) is 9.81. The van der Waals surface area contributed by atoms with Gasteiger partial charge in [-0.2, -0.15) is 5.26 Å². The summed E-state index contributed by atoms with van der Waals surface area (Å²) in [4.78, 5) is 24.3. The van der Waals surface area contributed by atoms with Crippen LogP contribution in [0.3, 0.4) is 0 Å². The van der Waals surface area contributed by atoms with Crippen molar-refractivity contribution in [1.29, 1.82) is 5.26 Å². The molecule has 1 saturated heterocycles. The Hall–Kier alpha value is -3.41. The van der Waals surface area contributed by atoms with Crippen LogP contribution in [0.1, 0.15) is 18.4 Å². The fourth-order valence-electron chi connectivity index (χ4n) is 3.81. The van der Waals surface area contributed by atoms with Crippen LogP contribution in [0.2, 0.25) is 0 Å². The van der Waals surface area contributed by atoms with Crippen LogP contribution in [0, 0.1) is 11.3 Å². The summed E-state index contributed by atoms with van der Waals surface area (Å²) in [6, 6.07) is 14.5. The number of hydrogen-bond acceptors (Lipinski definition) is 6. The lowest BCUT2D eigenvalue weighted by molar-refractivity contribution is -0.125. The average Bonchev–Trinajstić information content (AvgIpc) is 3.06. The normalized spacial score (nSPS) is 17.8. The molecule has 1 aromatic heterocycles. The summed E-state index contributed by atoms with van der Waals surface area (Å²) in [6.07, 6.45) is 2.35. The maximum atomic E-state index is 12.6. The molecule has 0 radical (unpaired) electrons. The molecule has 2 N–H and O–H groups in total. The van der Waals surface area contributed by atoms with E-state index < -0.39 is 17.8 Å². The Morgan fingerprint density at radius 2 is 2.03 bits per heavy atom. The molecule has 0 bridgehead atoms. The number of ether oxygens (including phenoxy) is 1. The molecule has 166 valence electrons. The van der Waals surface area contributed by atoms with Crippen molar-refractivity contribution in [2.75, 3.05) is 19.8 Å². The van der Waals surface area contributed by atoms with Crippen LogP contribution in [-0.4, -0.2) is 42.3 Å². The van der Waals surface area contributed by atoms with Crippen molar-refractivity contribution in [3.63, 3.8) is 0 Å². The molecule has 1 aliphatic rings. The van der Waals surface area contributed by atoms with E-state index in [1.807, 2.05) is 36.4 Å². The predicted molar refractivity (Wildman–Crippen MR) is 120 cm³/mol. The van der Waals surface area contributed by atoms with E-state index in [4.69, 9.17) is 9.15 Å². The first kappa shape index (κ1) is 21.8. The number of aromatic nitrogens is 1. The number of fused-ring (bicyclic) bond motifs is 1. The van der Waals surface area contributed by atoms with Crippen molar-refractivity contribution >= 4 is 17.0 Å². The summed E-state index contributed by atoms with van der Waals surface area (Å²) in [6.45, 7) is 1.73. The molecule has 1 amide bonds. The fourth-order valence-corrected chi connectivity index (χ4v) is 3.81. The number of benzene rings is 2. The number of nitrogens with zero attached hydrogens (tertiary/aromatic N) is 2. The molecule has 0 spiro atoms. The lowest BCUT2D eigenvalue weighted by atomic mass is 10.0. The topological polar surface area (TPSA) is 109 Å². The lowest BCUT2D eigenvalue weighted by Gasteiger charge is -2.22. The van der Waals surface area contributed by atoms with Gasteiger partial charge in [0.2, 0.25) is 5.91 Å². The zero-order chi connectivity index (χ0) is 22.5. The summed E-state index contributed by atoms with van der Waals surface area (Å²) < 4.78 is 12.2. The van der Waals surface area contributed by atoms with Gasteiger partial charge in [0.15, 0.2) is 5.58 Å². The number of aryl methyl sites for hydroxylation is 1. The van der Waals surface area contributed by atoms with Crippen LogP contribution >= 0.6 is 0 Å². The van der Waals surface area contributed by atoms with Gasteiger partial charge in [-0.05, 0) is 48.2 Å². The maximum absolute atomic E-state index is 12.6. The Bertz CT molecular complexity index is 1180. The van der Waals surface area contributed by atoms with Crippen LogP contribution in [0.25, 0.3) is 22.2 Å². The predicted octanol–water partition coefficient (Wildman–Crippen LogP) is 2.12. The smallest absolute Gasteiger partial charge is 0.408 e. The number of nitriles is 1. The Labute approximate surface area is 185 Å². The monoisotopic (exact) mass is 434 g/mol. The molecule has 0 aliphatic carbocycles. The molecule has 2 atom stereocenters. The standard InChI is InChI=1S/C24H26N4O4/c1-28-21-13-18(8-9-22(21)32-24(28)30)17-6-4-16(5-7-17)12-19(14-25)27-23(29)20-15-31-11-3-2-10-26-20/h4-9,13,19-20,26H,2-3,10-12,15H2,1H3,(H,27,29)/t19-,20+/m0/s1. The van der Waals surface area contributed by atoms with E-state index in [1.54, 1.807) is 13.1 Å². The minimum Gasteiger partial charge on any atom is -0.408 e. The molecule has 8 nitrogen and oxygen atoms in total. The van der Waals surface area contributed by atoms with Crippen LogP contribution in [0.5, 0.6) is 0 Å². The van der Waals surface area contributed by atoms with Crippen LogP contribution < -0.4 is 16.4 Å². The van der Waals surface area contributed by atoms with E-state index in [0.29, 0.717) is 25.2 Å². The zero-order valence-electron chi connectivity index (χ0n) is 18.0. The minimum atomic E-state index is -0.627. The van der Waals surface area contributed by atoms with E-state index in [9.17, 15) is 14.9 Å². The number of carbonyl (C=O) groups is 1. The molecule has 0 unspecified atom stereocenters. The van der Waals surface area contributed by atoms with Crippen molar-refractivity contribution in [3.05, 3.63) is 58.6 Å². The van der Waals surface area contributed by atoms with Gasteiger partial charge in [-0.1, -0.05) is 30.3 Å². The van der Waals surface area contributed by atoms with Gasteiger partial charge in [-0.3, -0.25) is 9.36 Å². The third-order valence-corrected chi connectivity index (χ3v) is 5.70. The van der Waals surface area contributed by atoms with Crippen molar-refractivity contribution in [2.24, 2.45) is 7.05 Å². The average molecular weight is 434 g/mol. The van der Waals surface area contributed by atoms with Crippen molar-refractivity contribution in [1.82, 2.24) is 15.2 Å². The molecule has 3 aromatic rings. The number of oxazole rings is 1. The van der Waals surface area contributed by atoms with Gasteiger partial charge in [-0.15, -0.1) is 0 Å². The van der Waals surface area contributed by atoms with Gasteiger partial charge in [0, 0.05) is 20.1 Å². The van der Waals surface area contributed by atoms with Crippen LogP contribution in [0.4, 0.5) is 0 Å². The van der Waals surface area contributed by atoms with Gasteiger partial charge in [0.05, 0.1) is 18.2 Å². The molecule has 8 heteroatoms. The van der Waals surface area contributed by atoms with E-state index in [-0.39, 0.29) is 5.91 Å². The Morgan fingerprint density at radius 1 is 1.25 bits per heavy atom. The Balaban J connectivity index is 1.42. The molecule has 2 heterocycles. The number of nitrogens with one attached hydrogen (secondary N) is 2. The second-order valence-electron chi connectivity index (χ2n) is 7.99. The molecular weight excluding hydrogens is 408 g/mol. The largest absolute Gasteiger partial charge is 0.419 e. The minimum absolute atomic E-state index is 0.214. The maximum Gasteiger partial charge on any atom is 0.419 e. The SMILES string of the molecule is Cn1c(=O)oc2ccc(-c3ccc(C[C@@H](C#N)NC(=O)[C@H]4COCCCCN4)cc3)cc21. The molecule has 32 heavy (non-hydrogen) atoms. The van der Waals surface area contributed by atoms with Crippen molar-refractivity contribution in [2.45, 2.75) is 31.3 Å². The second-order valence-corrected chi connectivity index (χ2v) is 7.99. The van der Waals surface area contributed by atoms with Crippen molar-refractivity contribution < 1.29 is 13.9 Å². The van der Waals surface area contributed by atoms with Crippen LogP contribution in [-0.2, 0) is 23.0 Å². The molecular formula is C24H26N4O4. The summed E-state index contributed by atoms with van der Waals surface area (Å²) in [5, 5.41) is 15.5. The van der Waals surface area contributed by atoms with Gasteiger partial charge in [0.1, 0.15) is 12.1 Å². The van der Waals surface area contributed by atoms with Crippen molar-refractivity contribution in [3.8, 4) is 17.2 Å².